The number of quaternary nitrogens is 1. The molecule has 0 spiro atoms. The van der Waals surface area contributed by atoms with Crippen molar-refractivity contribution in [3.63, 3.8) is 0 Å². The van der Waals surface area contributed by atoms with Gasteiger partial charge >= 0.3 is 0 Å². The van der Waals surface area contributed by atoms with Crippen LogP contribution in [0.5, 0.6) is 0 Å². The molecule has 0 heterocycles. The van der Waals surface area contributed by atoms with Crippen LogP contribution in [0.15, 0.2) is 30.3 Å². The lowest BCUT2D eigenvalue weighted by atomic mass is 10.1. The molecule has 0 N–H and O–H groups in total. The Kier molecular flexibility index (Phi) is 4.34. The number of hydrogen-bond acceptors (Lipinski definition) is 0. The van der Waals surface area contributed by atoms with Crippen LogP contribution in [-0.2, 0) is 6.54 Å². The van der Waals surface area contributed by atoms with Gasteiger partial charge in [-0.2, -0.15) is 0 Å². The molecule has 0 aliphatic carbocycles. The van der Waals surface area contributed by atoms with Crippen LogP contribution in [-0.4, -0.2) is 25.1 Å². The van der Waals surface area contributed by atoms with E-state index in [9.17, 15) is 0 Å². The number of rotatable bonds is 5. The van der Waals surface area contributed by atoms with Gasteiger partial charge in [-0.15, -0.1) is 0 Å². The maximum absolute atomic E-state index is 2.31. The predicted molar refractivity (Wildman–Crippen MR) is 66.6 cm³/mol. The van der Waals surface area contributed by atoms with Gasteiger partial charge in [0.15, 0.2) is 0 Å². The molecular weight excluding hydrogens is 182 g/mol. The van der Waals surface area contributed by atoms with E-state index in [2.05, 4.69) is 58.3 Å². The summed E-state index contributed by atoms with van der Waals surface area (Å²) in [6.07, 6.45) is 1.31. The summed E-state index contributed by atoms with van der Waals surface area (Å²) in [5.41, 5.74) is 1.44. The van der Waals surface area contributed by atoms with E-state index >= 15 is 0 Å². The highest BCUT2D eigenvalue weighted by atomic mass is 15.3. The van der Waals surface area contributed by atoms with E-state index in [0.717, 1.165) is 16.9 Å². The monoisotopic (exact) mass is 206 g/mol. The van der Waals surface area contributed by atoms with E-state index in [0.29, 0.717) is 0 Å². The zero-order valence-corrected chi connectivity index (χ0v) is 10.5. The third-order valence-electron chi connectivity index (χ3n) is 2.77. The zero-order chi connectivity index (χ0) is 11.3. The van der Waals surface area contributed by atoms with Crippen molar-refractivity contribution in [1.82, 2.24) is 0 Å². The van der Waals surface area contributed by atoms with Crippen molar-refractivity contribution in [3.05, 3.63) is 35.9 Å². The minimum Gasteiger partial charge on any atom is -0.325 e. The summed E-state index contributed by atoms with van der Waals surface area (Å²) in [6, 6.07) is 10.8. The van der Waals surface area contributed by atoms with Gasteiger partial charge in [0.25, 0.3) is 0 Å². The van der Waals surface area contributed by atoms with Crippen molar-refractivity contribution >= 4 is 0 Å². The van der Waals surface area contributed by atoms with Crippen LogP contribution in [0.2, 0.25) is 0 Å². The number of nitrogens with zero attached hydrogens (tertiary/aromatic N) is 1. The molecule has 0 unspecified atom stereocenters. The van der Waals surface area contributed by atoms with Gasteiger partial charge in [-0.1, -0.05) is 44.2 Å². The van der Waals surface area contributed by atoms with E-state index < -0.39 is 0 Å². The molecule has 1 heteroatoms. The number of hydrogen-bond donors (Lipinski definition) is 0. The Morgan fingerprint density at radius 2 is 1.67 bits per heavy atom. The lowest BCUT2D eigenvalue weighted by Crippen LogP contribution is -2.40. The summed E-state index contributed by atoms with van der Waals surface area (Å²) in [5, 5.41) is 0. The van der Waals surface area contributed by atoms with Crippen LogP contribution in [0, 0.1) is 5.92 Å². The summed E-state index contributed by atoms with van der Waals surface area (Å²) in [5.74, 6) is 0.804. The molecule has 1 aromatic carbocycles. The van der Waals surface area contributed by atoms with Gasteiger partial charge in [-0.3, -0.25) is 0 Å². The molecule has 0 aliphatic heterocycles. The summed E-state index contributed by atoms with van der Waals surface area (Å²) in [7, 11) is 4.63. The summed E-state index contributed by atoms with van der Waals surface area (Å²) >= 11 is 0. The molecule has 0 amide bonds. The molecule has 15 heavy (non-hydrogen) atoms. The van der Waals surface area contributed by atoms with Crippen LogP contribution in [0.25, 0.3) is 0 Å². The standard InChI is InChI=1S/C14H24N/c1-13(2)10-11-15(3,4)12-14-8-6-5-7-9-14/h5-9,13H,10-12H2,1-4H3/q+1. The average Bonchev–Trinajstić information content (AvgIpc) is 2.16. The first-order valence-electron chi connectivity index (χ1n) is 5.85. The fraction of sp³-hybridized carbons (Fsp3) is 0.571. The molecule has 0 bridgehead atoms. The van der Waals surface area contributed by atoms with Gasteiger partial charge < -0.3 is 4.48 Å². The maximum Gasteiger partial charge on any atom is 0.104 e. The Morgan fingerprint density at radius 3 is 2.20 bits per heavy atom. The highest BCUT2D eigenvalue weighted by Crippen LogP contribution is 2.12. The lowest BCUT2D eigenvalue weighted by molar-refractivity contribution is -0.904. The molecular formula is C14H24N+. The summed E-state index contributed by atoms with van der Waals surface area (Å²) in [6.45, 7) is 6.98. The highest BCUT2D eigenvalue weighted by molar-refractivity contribution is 5.13. The molecule has 1 aromatic rings. The average molecular weight is 206 g/mol. The molecule has 84 valence electrons. The molecule has 0 fully saturated rings. The van der Waals surface area contributed by atoms with Crippen molar-refractivity contribution in [2.45, 2.75) is 26.8 Å². The fourth-order valence-electron chi connectivity index (χ4n) is 1.76. The summed E-state index contributed by atoms with van der Waals surface area (Å²) in [4.78, 5) is 0. The van der Waals surface area contributed by atoms with Crippen LogP contribution >= 0.6 is 0 Å². The fourth-order valence-corrected chi connectivity index (χ4v) is 1.76. The van der Waals surface area contributed by atoms with Crippen molar-refractivity contribution in [2.75, 3.05) is 20.6 Å². The molecule has 0 saturated carbocycles. The molecule has 0 atom stereocenters. The van der Waals surface area contributed by atoms with Crippen molar-refractivity contribution in [3.8, 4) is 0 Å². The van der Waals surface area contributed by atoms with Gasteiger partial charge in [-0.05, 0) is 12.3 Å². The molecule has 1 nitrogen and oxygen atoms in total. The smallest absolute Gasteiger partial charge is 0.104 e. The molecule has 0 saturated heterocycles. The van der Waals surface area contributed by atoms with Gasteiger partial charge in [0, 0.05) is 5.56 Å². The second kappa shape index (κ2) is 5.32. The van der Waals surface area contributed by atoms with Crippen LogP contribution in [0.3, 0.4) is 0 Å². The van der Waals surface area contributed by atoms with Crippen molar-refractivity contribution in [2.24, 2.45) is 5.92 Å². The quantitative estimate of drug-likeness (QED) is 0.648. The summed E-state index contributed by atoms with van der Waals surface area (Å²) < 4.78 is 1.09. The largest absolute Gasteiger partial charge is 0.325 e. The van der Waals surface area contributed by atoms with E-state index in [1.807, 2.05) is 0 Å². The van der Waals surface area contributed by atoms with E-state index in [1.165, 1.54) is 18.5 Å². The van der Waals surface area contributed by atoms with E-state index in [1.54, 1.807) is 0 Å². The van der Waals surface area contributed by atoms with Crippen LogP contribution in [0.1, 0.15) is 25.8 Å². The minimum atomic E-state index is 0.804. The van der Waals surface area contributed by atoms with Crippen LogP contribution in [0.4, 0.5) is 0 Å². The number of benzene rings is 1. The molecule has 0 aliphatic rings. The highest BCUT2D eigenvalue weighted by Gasteiger charge is 2.15. The van der Waals surface area contributed by atoms with Crippen molar-refractivity contribution in [1.29, 1.82) is 0 Å². The Hall–Kier alpha value is -0.820. The molecule has 0 aromatic heterocycles. The topological polar surface area (TPSA) is 0 Å². The van der Waals surface area contributed by atoms with Gasteiger partial charge in [0.2, 0.25) is 0 Å². The Morgan fingerprint density at radius 1 is 1.07 bits per heavy atom. The van der Waals surface area contributed by atoms with Crippen molar-refractivity contribution < 1.29 is 4.48 Å². The molecule has 0 radical (unpaired) electrons. The zero-order valence-electron chi connectivity index (χ0n) is 10.5. The third kappa shape index (κ3) is 4.98. The second-order valence-corrected chi connectivity index (χ2v) is 5.49. The third-order valence-corrected chi connectivity index (χ3v) is 2.77. The van der Waals surface area contributed by atoms with E-state index in [4.69, 9.17) is 0 Å². The Balaban J connectivity index is 2.49. The van der Waals surface area contributed by atoms with Crippen LogP contribution < -0.4 is 0 Å². The Bertz CT molecular complexity index is 275. The lowest BCUT2D eigenvalue weighted by Gasteiger charge is -2.30. The minimum absolute atomic E-state index is 0.804. The van der Waals surface area contributed by atoms with Gasteiger partial charge in [-0.25, -0.2) is 0 Å². The first kappa shape index (κ1) is 12.3. The predicted octanol–water partition coefficient (Wildman–Crippen LogP) is 3.31. The Labute approximate surface area is 94.3 Å². The SMILES string of the molecule is CC(C)CC[N+](C)(C)Cc1ccccc1. The van der Waals surface area contributed by atoms with Gasteiger partial charge in [0.05, 0.1) is 20.6 Å². The first-order valence-corrected chi connectivity index (χ1v) is 5.85. The van der Waals surface area contributed by atoms with Gasteiger partial charge in [0.1, 0.15) is 6.54 Å². The van der Waals surface area contributed by atoms with E-state index in [-0.39, 0.29) is 0 Å². The normalized spacial score (nSPS) is 12.1. The maximum atomic E-state index is 2.31. The second-order valence-electron chi connectivity index (χ2n) is 5.49. The first-order chi connectivity index (χ1) is 6.99. The molecule has 1 rings (SSSR count).